The minimum absolute atomic E-state index is 0.0187. The van der Waals surface area contributed by atoms with Crippen molar-refractivity contribution in [1.82, 2.24) is 21.3 Å². The third-order valence-electron chi connectivity index (χ3n) is 4.85. The average Bonchev–Trinajstić information content (AvgIpc) is 2.73. The van der Waals surface area contributed by atoms with Crippen molar-refractivity contribution in [2.24, 2.45) is 0 Å². The van der Waals surface area contributed by atoms with Crippen molar-refractivity contribution < 1.29 is 9.59 Å². The summed E-state index contributed by atoms with van der Waals surface area (Å²) in [5.74, 6) is -0.0373. The van der Waals surface area contributed by atoms with E-state index in [1.54, 1.807) is 0 Å². The molecule has 6 heteroatoms. The topological polar surface area (TPSA) is 82.3 Å². The molecule has 0 radical (unpaired) electrons. The normalized spacial score (nSPS) is 22.6. The van der Waals surface area contributed by atoms with Crippen molar-refractivity contribution in [2.45, 2.75) is 24.9 Å². The molecule has 1 aliphatic heterocycles. The summed E-state index contributed by atoms with van der Waals surface area (Å²) in [6.45, 7) is 2.05. The summed E-state index contributed by atoms with van der Waals surface area (Å²) in [5, 5.41) is 12.8. The molecule has 0 aliphatic carbocycles. The molecule has 1 fully saturated rings. The van der Waals surface area contributed by atoms with E-state index in [9.17, 15) is 9.59 Å². The predicted octanol–water partition coefficient (Wildman–Crippen LogP) is 1.67. The second kappa shape index (κ2) is 10.6. The van der Waals surface area contributed by atoms with Crippen LogP contribution < -0.4 is 21.3 Å². The highest BCUT2D eigenvalue weighted by atomic mass is 16.2. The molecular formula is C22H28N4O2. The number of carbonyl (C=O) groups excluding carboxylic acids is 2. The lowest BCUT2D eigenvalue weighted by Gasteiger charge is -2.30. The maximum atomic E-state index is 12.0. The minimum Gasteiger partial charge on any atom is -0.354 e. The molecule has 2 aromatic carbocycles. The fourth-order valence-electron chi connectivity index (χ4n) is 3.44. The van der Waals surface area contributed by atoms with E-state index in [-0.39, 0.29) is 23.9 Å². The summed E-state index contributed by atoms with van der Waals surface area (Å²) in [6.07, 6.45) is 0.775. The Kier molecular flexibility index (Phi) is 7.58. The fourth-order valence-corrected chi connectivity index (χ4v) is 3.44. The quantitative estimate of drug-likeness (QED) is 0.639. The molecule has 1 aliphatic rings. The van der Waals surface area contributed by atoms with E-state index in [1.165, 1.54) is 0 Å². The lowest BCUT2D eigenvalue weighted by Crippen LogP contribution is -2.41. The molecule has 28 heavy (non-hydrogen) atoms. The monoisotopic (exact) mass is 380 g/mol. The van der Waals surface area contributed by atoms with Gasteiger partial charge in [0.1, 0.15) is 0 Å². The van der Waals surface area contributed by atoms with Crippen LogP contribution in [0.5, 0.6) is 0 Å². The molecule has 1 unspecified atom stereocenters. The molecule has 0 spiro atoms. The smallest absolute Gasteiger partial charge is 0.221 e. The molecule has 1 saturated heterocycles. The van der Waals surface area contributed by atoms with E-state index in [4.69, 9.17) is 0 Å². The van der Waals surface area contributed by atoms with Crippen LogP contribution in [0.2, 0.25) is 0 Å². The van der Waals surface area contributed by atoms with Gasteiger partial charge in [-0.2, -0.15) is 0 Å². The van der Waals surface area contributed by atoms with Gasteiger partial charge in [-0.3, -0.25) is 9.59 Å². The lowest BCUT2D eigenvalue weighted by atomic mass is 9.93. The molecule has 2 aromatic rings. The van der Waals surface area contributed by atoms with Gasteiger partial charge in [0, 0.05) is 39.0 Å². The molecule has 2 amide bonds. The molecule has 3 rings (SSSR count). The molecule has 0 bridgehead atoms. The SMILES string of the molecule is O=C1CCNC(c2ccccc2)[C@@H](c2ccccc2)NCCC(=O)NCCN1. The summed E-state index contributed by atoms with van der Waals surface area (Å²) in [6, 6.07) is 20.4. The van der Waals surface area contributed by atoms with Gasteiger partial charge >= 0.3 is 0 Å². The van der Waals surface area contributed by atoms with Crippen LogP contribution in [0.3, 0.4) is 0 Å². The summed E-state index contributed by atoms with van der Waals surface area (Å²) >= 11 is 0. The number of benzene rings is 2. The van der Waals surface area contributed by atoms with Gasteiger partial charge in [0.2, 0.25) is 11.8 Å². The van der Waals surface area contributed by atoms with Crippen molar-refractivity contribution in [1.29, 1.82) is 0 Å². The van der Waals surface area contributed by atoms with Crippen LogP contribution in [0.25, 0.3) is 0 Å². The van der Waals surface area contributed by atoms with Gasteiger partial charge in [0.05, 0.1) is 12.1 Å². The van der Waals surface area contributed by atoms with Crippen molar-refractivity contribution >= 4 is 11.8 Å². The first kappa shape index (κ1) is 20.0. The predicted molar refractivity (Wildman–Crippen MR) is 110 cm³/mol. The first-order valence-electron chi connectivity index (χ1n) is 9.84. The van der Waals surface area contributed by atoms with E-state index >= 15 is 0 Å². The molecule has 0 saturated carbocycles. The maximum Gasteiger partial charge on any atom is 0.221 e. The van der Waals surface area contributed by atoms with Crippen molar-refractivity contribution in [3.63, 3.8) is 0 Å². The zero-order chi connectivity index (χ0) is 19.6. The van der Waals surface area contributed by atoms with Crippen LogP contribution in [0.4, 0.5) is 0 Å². The standard InChI is InChI=1S/C22H28N4O2/c27-19-11-13-25-21(17-7-3-1-4-8-17)22(18-9-5-2-6-10-18)26-14-12-20(28)24-16-15-23-19/h1-10,21-22,25-26H,11-16H2,(H,23,27)(H,24,28)/t21-,22?/m1/s1. The fraction of sp³-hybridized carbons (Fsp3) is 0.364. The van der Waals surface area contributed by atoms with Crippen LogP contribution in [0, 0.1) is 0 Å². The van der Waals surface area contributed by atoms with Gasteiger partial charge in [-0.1, -0.05) is 60.7 Å². The Morgan fingerprint density at radius 2 is 0.964 bits per heavy atom. The van der Waals surface area contributed by atoms with E-state index < -0.39 is 0 Å². The Hall–Kier alpha value is -2.70. The van der Waals surface area contributed by atoms with Crippen LogP contribution in [0.1, 0.15) is 36.1 Å². The summed E-state index contributed by atoms with van der Waals surface area (Å²) in [7, 11) is 0. The highest BCUT2D eigenvalue weighted by Crippen LogP contribution is 2.29. The Labute approximate surface area is 166 Å². The van der Waals surface area contributed by atoms with Crippen LogP contribution in [-0.2, 0) is 9.59 Å². The van der Waals surface area contributed by atoms with Gasteiger partial charge in [-0.25, -0.2) is 0 Å². The minimum atomic E-state index is -0.0256. The highest BCUT2D eigenvalue weighted by Gasteiger charge is 2.24. The second-order valence-corrected chi connectivity index (χ2v) is 6.88. The molecular weight excluding hydrogens is 352 g/mol. The van der Waals surface area contributed by atoms with E-state index in [2.05, 4.69) is 45.5 Å². The number of nitrogens with one attached hydrogen (secondary N) is 4. The van der Waals surface area contributed by atoms with Crippen LogP contribution >= 0.6 is 0 Å². The van der Waals surface area contributed by atoms with E-state index in [1.807, 2.05) is 36.4 Å². The van der Waals surface area contributed by atoms with E-state index in [0.717, 1.165) is 11.1 Å². The largest absolute Gasteiger partial charge is 0.354 e. The Morgan fingerprint density at radius 1 is 0.571 bits per heavy atom. The van der Waals surface area contributed by atoms with Gasteiger partial charge in [0.25, 0.3) is 0 Å². The number of hydrogen-bond acceptors (Lipinski definition) is 4. The molecule has 1 heterocycles. The zero-order valence-electron chi connectivity index (χ0n) is 16.0. The van der Waals surface area contributed by atoms with Gasteiger partial charge in [-0.15, -0.1) is 0 Å². The zero-order valence-corrected chi connectivity index (χ0v) is 16.0. The summed E-state index contributed by atoms with van der Waals surface area (Å²) in [5.41, 5.74) is 2.28. The third-order valence-corrected chi connectivity index (χ3v) is 4.85. The van der Waals surface area contributed by atoms with Crippen molar-refractivity contribution in [3.8, 4) is 0 Å². The maximum absolute atomic E-state index is 12.0. The lowest BCUT2D eigenvalue weighted by molar-refractivity contribution is -0.122. The van der Waals surface area contributed by atoms with Crippen molar-refractivity contribution in [3.05, 3.63) is 71.8 Å². The van der Waals surface area contributed by atoms with Crippen LogP contribution in [0.15, 0.2) is 60.7 Å². The van der Waals surface area contributed by atoms with Gasteiger partial charge < -0.3 is 21.3 Å². The summed E-state index contributed by atoms with van der Waals surface area (Å²) in [4.78, 5) is 24.1. The second-order valence-electron chi connectivity index (χ2n) is 6.88. The summed E-state index contributed by atoms with van der Waals surface area (Å²) < 4.78 is 0. The molecule has 148 valence electrons. The van der Waals surface area contributed by atoms with Gasteiger partial charge in [-0.05, 0) is 11.1 Å². The third kappa shape index (κ3) is 5.90. The Bertz CT molecular complexity index is 686. The Balaban J connectivity index is 1.86. The van der Waals surface area contributed by atoms with Crippen LogP contribution in [-0.4, -0.2) is 38.0 Å². The first-order chi connectivity index (χ1) is 13.7. The molecule has 4 N–H and O–H groups in total. The van der Waals surface area contributed by atoms with E-state index in [0.29, 0.717) is 39.0 Å². The average molecular weight is 380 g/mol. The molecule has 0 aromatic heterocycles. The Morgan fingerprint density at radius 3 is 1.36 bits per heavy atom. The number of hydrogen-bond donors (Lipinski definition) is 4. The molecule has 2 atom stereocenters. The first-order valence-corrected chi connectivity index (χ1v) is 9.84. The number of rotatable bonds is 2. The number of amides is 2. The number of carbonyl (C=O) groups is 2. The van der Waals surface area contributed by atoms with Gasteiger partial charge in [0.15, 0.2) is 0 Å². The highest BCUT2D eigenvalue weighted by molar-refractivity contribution is 5.77. The van der Waals surface area contributed by atoms with Crippen molar-refractivity contribution in [2.75, 3.05) is 26.2 Å². The molecule has 6 nitrogen and oxygen atoms in total.